The Balaban J connectivity index is 2.13. The highest BCUT2D eigenvalue weighted by Crippen LogP contribution is 2.32. The highest BCUT2D eigenvalue weighted by Gasteiger charge is 2.23. The van der Waals surface area contributed by atoms with E-state index < -0.39 is 0 Å². The number of aryl methyl sites for hydroxylation is 1. The van der Waals surface area contributed by atoms with Gasteiger partial charge in [0.2, 0.25) is 5.91 Å². The van der Waals surface area contributed by atoms with E-state index in [-0.39, 0.29) is 5.91 Å². The third-order valence-electron chi connectivity index (χ3n) is 4.02. The lowest BCUT2D eigenvalue weighted by atomic mass is 9.85. The Bertz CT molecular complexity index is 493. The summed E-state index contributed by atoms with van der Waals surface area (Å²) in [5, 5.41) is 0.740. The Morgan fingerprint density at radius 1 is 1.40 bits per heavy atom. The van der Waals surface area contributed by atoms with Crippen molar-refractivity contribution in [3.05, 3.63) is 34.3 Å². The minimum absolute atomic E-state index is 0.149. The molecule has 1 saturated heterocycles. The summed E-state index contributed by atoms with van der Waals surface area (Å²) >= 11 is 6.12. The second-order valence-electron chi connectivity index (χ2n) is 5.33. The van der Waals surface area contributed by atoms with Crippen LogP contribution in [0, 0.1) is 0 Å². The van der Waals surface area contributed by atoms with Gasteiger partial charge >= 0.3 is 0 Å². The summed E-state index contributed by atoms with van der Waals surface area (Å²) in [6.07, 6.45) is 4.20. The number of hydrogen-bond acceptors (Lipinski definition) is 2. The molecule has 1 aromatic carbocycles. The molecule has 0 radical (unpaired) electrons. The second-order valence-corrected chi connectivity index (χ2v) is 5.77. The molecular formula is C16H20ClNO2. The molecule has 0 saturated carbocycles. The number of likely N-dealkylation sites (tertiary alicyclic amines) is 1. The summed E-state index contributed by atoms with van der Waals surface area (Å²) in [5.74, 6) is 0.585. The van der Waals surface area contributed by atoms with E-state index in [1.807, 2.05) is 23.1 Å². The molecule has 1 aliphatic heterocycles. The SMILES string of the molecule is CC(=O)N1CCC(c2cc(Cl)ccc2CCC=O)CC1. The molecule has 0 bridgehead atoms. The van der Waals surface area contributed by atoms with Crippen LogP contribution in [0.15, 0.2) is 18.2 Å². The zero-order valence-electron chi connectivity index (χ0n) is 11.8. The van der Waals surface area contributed by atoms with Crippen LogP contribution in [0.4, 0.5) is 0 Å². The first kappa shape index (κ1) is 15.0. The minimum Gasteiger partial charge on any atom is -0.343 e. The number of piperidine rings is 1. The van der Waals surface area contributed by atoms with Crippen molar-refractivity contribution >= 4 is 23.8 Å². The van der Waals surface area contributed by atoms with Gasteiger partial charge in [0.15, 0.2) is 0 Å². The third-order valence-corrected chi connectivity index (χ3v) is 4.25. The molecule has 2 rings (SSSR count). The van der Waals surface area contributed by atoms with Crippen LogP contribution in [-0.4, -0.2) is 30.2 Å². The van der Waals surface area contributed by atoms with Crippen LogP contribution in [0.1, 0.15) is 43.2 Å². The first-order valence-corrected chi connectivity index (χ1v) is 7.47. The van der Waals surface area contributed by atoms with E-state index in [0.717, 1.165) is 43.7 Å². The summed E-state index contributed by atoms with van der Waals surface area (Å²) in [5.41, 5.74) is 2.46. The van der Waals surface area contributed by atoms with Crippen LogP contribution >= 0.6 is 11.6 Å². The lowest BCUT2D eigenvalue weighted by Crippen LogP contribution is -2.36. The zero-order chi connectivity index (χ0) is 14.5. The van der Waals surface area contributed by atoms with E-state index in [9.17, 15) is 9.59 Å². The average molecular weight is 294 g/mol. The van der Waals surface area contributed by atoms with Gasteiger partial charge in [-0.3, -0.25) is 4.79 Å². The van der Waals surface area contributed by atoms with Gasteiger partial charge < -0.3 is 9.69 Å². The Morgan fingerprint density at radius 2 is 2.10 bits per heavy atom. The van der Waals surface area contributed by atoms with Crippen molar-refractivity contribution in [3.8, 4) is 0 Å². The molecule has 1 heterocycles. The summed E-state index contributed by atoms with van der Waals surface area (Å²) in [6, 6.07) is 5.93. The number of benzene rings is 1. The van der Waals surface area contributed by atoms with Crippen LogP contribution in [0.5, 0.6) is 0 Å². The zero-order valence-corrected chi connectivity index (χ0v) is 12.5. The van der Waals surface area contributed by atoms with Crippen molar-refractivity contribution in [2.75, 3.05) is 13.1 Å². The number of aldehydes is 1. The Kier molecular flexibility index (Phi) is 5.18. The average Bonchev–Trinajstić information content (AvgIpc) is 2.46. The van der Waals surface area contributed by atoms with Gasteiger partial charge in [-0.25, -0.2) is 0 Å². The van der Waals surface area contributed by atoms with E-state index in [4.69, 9.17) is 11.6 Å². The first-order valence-electron chi connectivity index (χ1n) is 7.09. The predicted molar refractivity (Wildman–Crippen MR) is 80.1 cm³/mol. The van der Waals surface area contributed by atoms with Gasteiger partial charge in [-0.15, -0.1) is 0 Å². The van der Waals surface area contributed by atoms with Gasteiger partial charge in [0.05, 0.1) is 0 Å². The van der Waals surface area contributed by atoms with E-state index in [1.54, 1.807) is 6.92 Å². The normalized spacial score (nSPS) is 16.2. The van der Waals surface area contributed by atoms with E-state index in [2.05, 4.69) is 0 Å². The molecule has 0 spiro atoms. The molecule has 1 fully saturated rings. The van der Waals surface area contributed by atoms with Gasteiger partial charge in [0.25, 0.3) is 0 Å². The van der Waals surface area contributed by atoms with Crippen molar-refractivity contribution < 1.29 is 9.59 Å². The molecule has 1 aromatic rings. The number of amides is 1. The maximum absolute atomic E-state index is 11.4. The molecule has 4 heteroatoms. The largest absolute Gasteiger partial charge is 0.343 e. The summed E-state index contributed by atoms with van der Waals surface area (Å²) in [6.45, 7) is 3.23. The topological polar surface area (TPSA) is 37.4 Å². The summed E-state index contributed by atoms with van der Waals surface area (Å²) in [7, 11) is 0. The Hall–Kier alpha value is -1.35. The molecule has 0 aromatic heterocycles. The van der Waals surface area contributed by atoms with Gasteiger partial charge in [-0.2, -0.15) is 0 Å². The molecule has 3 nitrogen and oxygen atoms in total. The number of halogens is 1. The highest BCUT2D eigenvalue weighted by atomic mass is 35.5. The van der Waals surface area contributed by atoms with Crippen molar-refractivity contribution in [2.24, 2.45) is 0 Å². The molecule has 0 aliphatic carbocycles. The molecule has 20 heavy (non-hydrogen) atoms. The predicted octanol–water partition coefficient (Wildman–Crippen LogP) is 3.20. The number of carbonyl (C=O) groups is 2. The summed E-state index contributed by atoms with van der Waals surface area (Å²) < 4.78 is 0. The van der Waals surface area contributed by atoms with Crippen molar-refractivity contribution in [3.63, 3.8) is 0 Å². The molecule has 108 valence electrons. The number of rotatable bonds is 4. The minimum atomic E-state index is 0.149. The fourth-order valence-corrected chi connectivity index (χ4v) is 3.07. The van der Waals surface area contributed by atoms with Crippen molar-refractivity contribution in [1.82, 2.24) is 4.90 Å². The molecule has 1 aliphatic rings. The van der Waals surface area contributed by atoms with Gasteiger partial charge in [-0.05, 0) is 48.4 Å². The first-order chi connectivity index (χ1) is 9.61. The van der Waals surface area contributed by atoms with Crippen LogP contribution in [0.25, 0.3) is 0 Å². The number of nitrogens with zero attached hydrogens (tertiary/aromatic N) is 1. The van der Waals surface area contributed by atoms with Gasteiger partial charge in [-0.1, -0.05) is 17.7 Å². The fourth-order valence-electron chi connectivity index (χ4n) is 2.89. The van der Waals surface area contributed by atoms with Crippen LogP contribution in [0.2, 0.25) is 5.02 Å². The number of carbonyl (C=O) groups excluding carboxylic acids is 2. The molecule has 0 unspecified atom stereocenters. The van der Waals surface area contributed by atoms with Crippen molar-refractivity contribution in [2.45, 2.75) is 38.5 Å². The molecular weight excluding hydrogens is 274 g/mol. The standard InChI is InChI=1S/C16H20ClNO2/c1-12(20)18-8-6-14(7-9-18)16-11-15(17)5-4-13(16)3-2-10-19/h4-5,10-11,14H,2-3,6-9H2,1H3. The van der Waals surface area contributed by atoms with Crippen molar-refractivity contribution in [1.29, 1.82) is 0 Å². The highest BCUT2D eigenvalue weighted by molar-refractivity contribution is 6.30. The van der Waals surface area contributed by atoms with Crippen LogP contribution < -0.4 is 0 Å². The molecule has 0 atom stereocenters. The van der Waals surface area contributed by atoms with Gasteiger partial charge in [0.1, 0.15) is 6.29 Å². The Morgan fingerprint density at radius 3 is 2.70 bits per heavy atom. The van der Waals surface area contributed by atoms with Crippen LogP contribution in [0.3, 0.4) is 0 Å². The monoisotopic (exact) mass is 293 g/mol. The van der Waals surface area contributed by atoms with E-state index in [0.29, 0.717) is 12.3 Å². The van der Waals surface area contributed by atoms with Crippen LogP contribution in [-0.2, 0) is 16.0 Å². The van der Waals surface area contributed by atoms with E-state index >= 15 is 0 Å². The second kappa shape index (κ2) is 6.89. The third kappa shape index (κ3) is 3.60. The maximum Gasteiger partial charge on any atom is 0.219 e. The lowest BCUT2D eigenvalue weighted by molar-refractivity contribution is -0.129. The summed E-state index contributed by atoms with van der Waals surface area (Å²) in [4.78, 5) is 23.8. The smallest absolute Gasteiger partial charge is 0.219 e. The van der Waals surface area contributed by atoms with Gasteiger partial charge in [0, 0.05) is 31.5 Å². The molecule has 1 amide bonds. The number of hydrogen-bond donors (Lipinski definition) is 0. The quantitative estimate of drug-likeness (QED) is 0.800. The maximum atomic E-state index is 11.4. The Labute approximate surface area is 124 Å². The van der Waals surface area contributed by atoms with E-state index in [1.165, 1.54) is 11.1 Å². The molecule has 0 N–H and O–H groups in total. The lowest BCUT2D eigenvalue weighted by Gasteiger charge is -2.32. The fraction of sp³-hybridized carbons (Fsp3) is 0.500.